The van der Waals surface area contributed by atoms with E-state index in [0.717, 1.165) is 15.0 Å². The van der Waals surface area contributed by atoms with Gasteiger partial charge in [0.1, 0.15) is 0 Å². The summed E-state index contributed by atoms with van der Waals surface area (Å²) in [6.45, 7) is 1.78. The summed E-state index contributed by atoms with van der Waals surface area (Å²) >= 11 is 6.59. The average Bonchev–Trinajstić information content (AvgIpc) is 2.24. The fraction of sp³-hybridized carbons (Fsp3) is 0.182. The van der Waals surface area contributed by atoms with Crippen molar-refractivity contribution >= 4 is 43.9 Å². The first kappa shape index (κ1) is 13.4. The van der Waals surface area contributed by atoms with Crippen LogP contribution in [0.3, 0.4) is 0 Å². The van der Waals surface area contributed by atoms with Crippen LogP contribution in [-0.2, 0) is 9.53 Å². The lowest BCUT2D eigenvalue weighted by molar-refractivity contribution is -0.140. The fourth-order valence-corrected chi connectivity index (χ4v) is 1.65. The molecule has 0 saturated carbocycles. The van der Waals surface area contributed by atoms with Crippen molar-refractivity contribution in [2.75, 3.05) is 6.61 Å². The number of esters is 1. The number of carbonyl (C=O) groups excluding carboxylic acids is 1. The molecule has 1 aromatic rings. The zero-order valence-electron chi connectivity index (χ0n) is 8.47. The van der Waals surface area contributed by atoms with Gasteiger partial charge in [-0.3, -0.25) is 0 Å². The third-order valence-corrected chi connectivity index (χ3v) is 3.59. The van der Waals surface area contributed by atoms with E-state index in [-0.39, 0.29) is 6.61 Å². The van der Waals surface area contributed by atoms with Gasteiger partial charge in [-0.15, -0.1) is 0 Å². The quantitative estimate of drug-likeness (QED) is 0.605. The molecule has 0 aliphatic heterocycles. The third-order valence-electron chi connectivity index (χ3n) is 1.71. The van der Waals surface area contributed by atoms with Crippen LogP contribution in [-0.4, -0.2) is 12.6 Å². The van der Waals surface area contributed by atoms with E-state index >= 15 is 0 Å². The van der Waals surface area contributed by atoms with Gasteiger partial charge in [-0.2, -0.15) is 4.39 Å². The molecule has 86 valence electrons. The number of benzene rings is 1. The van der Waals surface area contributed by atoms with Gasteiger partial charge in [0.25, 0.3) is 0 Å². The van der Waals surface area contributed by atoms with E-state index in [4.69, 9.17) is 0 Å². The SMILES string of the molecule is CCOC(=O)C(F)=Cc1ccc(Br)c(Br)c1. The van der Waals surface area contributed by atoms with Gasteiger partial charge in [0, 0.05) is 8.95 Å². The Morgan fingerprint density at radius 3 is 2.69 bits per heavy atom. The molecule has 0 aromatic heterocycles. The maximum absolute atomic E-state index is 13.3. The van der Waals surface area contributed by atoms with E-state index in [2.05, 4.69) is 36.6 Å². The van der Waals surface area contributed by atoms with Gasteiger partial charge in [0.2, 0.25) is 5.83 Å². The molecular weight excluding hydrogens is 343 g/mol. The predicted octanol–water partition coefficient (Wildman–Crippen LogP) is 4.09. The standard InChI is InChI=1S/C11H9Br2FO2/c1-2-16-11(15)10(14)6-7-3-4-8(12)9(13)5-7/h3-6H,2H2,1H3. The molecule has 0 unspecified atom stereocenters. The molecule has 5 heteroatoms. The number of rotatable bonds is 3. The lowest BCUT2D eigenvalue weighted by Gasteiger charge is -2.00. The summed E-state index contributed by atoms with van der Waals surface area (Å²) in [5.41, 5.74) is 0.584. The summed E-state index contributed by atoms with van der Waals surface area (Å²) in [4.78, 5) is 11.0. The predicted molar refractivity (Wildman–Crippen MR) is 67.6 cm³/mol. The van der Waals surface area contributed by atoms with Crippen LogP contribution in [0.15, 0.2) is 33.0 Å². The highest BCUT2D eigenvalue weighted by Gasteiger charge is 2.09. The Labute approximate surface area is 110 Å². The first-order chi connectivity index (χ1) is 7.54. The van der Waals surface area contributed by atoms with E-state index in [9.17, 15) is 9.18 Å². The van der Waals surface area contributed by atoms with Crippen LogP contribution >= 0.6 is 31.9 Å². The van der Waals surface area contributed by atoms with E-state index in [0.29, 0.717) is 5.56 Å². The van der Waals surface area contributed by atoms with Crippen LogP contribution in [0.25, 0.3) is 6.08 Å². The van der Waals surface area contributed by atoms with E-state index < -0.39 is 11.8 Å². The minimum atomic E-state index is -0.943. The average molecular weight is 352 g/mol. The van der Waals surface area contributed by atoms with Crippen LogP contribution in [0, 0.1) is 0 Å². The summed E-state index contributed by atoms with van der Waals surface area (Å²) in [5.74, 6) is -1.85. The number of hydrogen-bond acceptors (Lipinski definition) is 2. The van der Waals surface area contributed by atoms with Crippen LogP contribution in [0.5, 0.6) is 0 Å². The molecule has 0 bridgehead atoms. The first-order valence-corrected chi connectivity index (χ1v) is 6.12. The number of halogens is 3. The summed E-state index contributed by atoms with van der Waals surface area (Å²) in [6, 6.07) is 5.14. The number of carbonyl (C=O) groups is 1. The highest BCUT2D eigenvalue weighted by Crippen LogP contribution is 2.25. The van der Waals surface area contributed by atoms with Gasteiger partial charge in [0.05, 0.1) is 6.61 Å². The molecule has 0 radical (unpaired) electrons. The lowest BCUT2D eigenvalue weighted by Crippen LogP contribution is -2.03. The largest absolute Gasteiger partial charge is 0.461 e. The molecular formula is C11H9Br2FO2. The molecule has 0 saturated heterocycles. The van der Waals surface area contributed by atoms with Crippen molar-refractivity contribution in [1.82, 2.24) is 0 Å². The smallest absolute Gasteiger partial charge is 0.367 e. The van der Waals surface area contributed by atoms with Crippen LogP contribution in [0.1, 0.15) is 12.5 Å². The monoisotopic (exact) mass is 350 g/mol. The van der Waals surface area contributed by atoms with Gasteiger partial charge in [-0.1, -0.05) is 6.07 Å². The summed E-state index contributed by atoms with van der Waals surface area (Å²) in [6.07, 6.45) is 1.13. The Morgan fingerprint density at radius 2 is 2.12 bits per heavy atom. The summed E-state index contributed by atoms with van der Waals surface area (Å²) in [5, 5.41) is 0. The topological polar surface area (TPSA) is 26.3 Å². The zero-order valence-corrected chi connectivity index (χ0v) is 11.6. The second kappa shape index (κ2) is 6.15. The Kier molecular flexibility index (Phi) is 5.15. The molecule has 0 atom stereocenters. The van der Waals surface area contributed by atoms with Crippen LogP contribution in [0.2, 0.25) is 0 Å². The van der Waals surface area contributed by atoms with Crippen molar-refractivity contribution in [3.8, 4) is 0 Å². The fourth-order valence-electron chi connectivity index (χ4n) is 1.01. The summed E-state index contributed by atoms with van der Waals surface area (Å²) in [7, 11) is 0. The molecule has 0 spiro atoms. The number of ether oxygens (including phenoxy) is 1. The Balaban J connectivity index is 2.89. The normalized spacial score (nSPS) is 11.4. The van der Waals surface area contributed by atoms with Crippen molar-refractivity contribution in [1.29, 1.82) is 0 Å². The van der Waals surface area contributed by atoms with Gasteiger partial charge in [0.15, 0.2) is 0 Å². The molecule has 0 N–H and O–H groups in total. The van der Waals surface area contributed by atoms with Gasteiger partial charge in [-0.05, 0) is 62.6 Å². The molecule has 0 fully saturated rings. The maximum atomic E-state index is 13.3. The lowest BCUT2D eigenvalue weighted by atomic mass is 10.2. The second-order valence-electron chi connectivity index (χ2n) is 2.89. The first-order valence-electron chi connectivity index (χ1n) is 4.54. The molecule has 0 aliphatic rings. The minimum Gasteiger partial charge on any atom is -0.461 e. The van der Waals surface area contributed by atoms with Gasteiger partial charge in [-0.25, -0.2) is 4.79 Å². The van der Waals surface area contributed by atoms with Crippen LogP contribution < -0.4 is 0 Å². The Bertz CT molecular complexity index is 430. The zero-order chi connectivity index (χ0) is 12.1. The van der Waals surface area contributed by atoms with Gasteiger partial charge < -0.3 is 4.74 Å². The Hall–Kier alpha value is -0.680. The van der Waals surface area contributed by atoms with E-state index in [1.54, 1.807) is 25.1 Å². The third kappa shape index (κ3) is 3.72. The van der Waals surface area contributed by atoms with Crippen molar-refractivity contribution in [2.24, 2.45) is 0 Å². The highest BCUT2D eigenvalue weighted by molar-refractivity contribution is 9.13. The Morgan fingerprint density at radius 1 is 1.44 bits per heavy atom. The number of hydrogen-bond donors (Lipinski definition) is 0. The molecule has 0 amide bonds. The van der Waals surface area contributed by atoms with Crippen molar-refractivity contribution in [3.63, 3.8) is 0 Å². The summed E-state index contributed by atoms with van der Waals surface area (Å²) < 4.78 is 19.4. The maximum Gasteiger partial charge on any atom is 0.367 e. The molecule has 16 heavy (non-hydrogen) atoms. The van der Waals surface area contributed by atoms with Gasteiger partial charge >= 0.3 is 5.97 Å². The molecule has 1 rings (SSSR count). The van der Waals surface area contributed by atoms with Crippen molar-refractivity contribution in [3.05, 3.63) is 38.5 Å². The van der Waals surface area contributed by atoms with Crippen LogP contribution in [0.4, 0.5) is 4.39 Å². The van der Waals surface area contributed by atoms with E-state index in [1.165, 1.54) is 0 Å². The molecule has 0 aliphatic carbocycles. The second-order valence-corrected chi connectivity index (χ2v) is 4.59. The molecule has 2 nitrogen and oxygen atoms in total. The van der Waals surface area contributed by atoms with E-state index in [1.807, 2.05) is 0 Å². The van der Waals surface area contributed by atoms with Crippen molar-refractivity contribution in [2.45, 2.75) is 6.92 Å². The highest BCUT2D eigenvalue weighted by atomic mass is 79.9. The molecule has 1 aromatic carbocycles. The minimum absolute atomic E-state index is 0.157. The molecule has 0 heterocycles. The van der Waals surface area contributed by atoms with Crippen molar-refractivity contribution < 1.29 is 13.9 Å².